The lowest BCUT2D eigenvalue weighted by atomic mass is 9.83. The van der Waals surface area contributed by atoms with Crippen molar-refractivity contribution >= 4 is 46.4 Å². The van der Waals surface area contributed by atoms with Crippen molar-refractivity contribution in [3.05, 3.63) is 33.8 Å². The van der Waals surface area contributed by atoms with Crippen molar-refractivity contribution in [1.82, 2.24) is 0 Å². The number of rotatable bonds is 5. The minimum atomic E-state index is -0.0998. The zero-order chi connectivity index (χ0) is 12.2. The van der Waals surface area contributed by atoms with Gasteiger partial charge in [-0.15, -0.1) is 23.2 Å². The molecule has 0 aliphatic heterocycles. The predicted octanol–water partition coefficient (Wildman–Crippen LogP) is 5.41. The summed E-state index contributed by atoms with van der Waals surface area (Å²) in [6.07, 6.45) is 1.68. The quantitative estimate of drug-likeness (QED) is 0.638. The molecule has 0 amide bonds. The van der Waals surface area contributed by atoms with Crippen LogP contribution in [0.1, 0.15) is 18.9 Å². The van der Waals surface area contributed by atoms with E-state index in [2.05, 4.69) is 6.92 Å². The minimum Gasteiger partial charge on any atom is -0.126 e. The first-order chi connectivity index (χ1) is 7.56. The highest BCUT2D eigenvalue weighted by Gasteiger charge is 2.27. The van der Waals surface area contributed by atoms with E-state index in [1.807, 2.05) is 12.1 Å². The molecule has 1 aromatic rings. The van der Waals surface area contributed by atoms with Crippen molar-refractivity contribution in [1.29, 1.82) is 0 Å². The summed E-state index contributed by atoms with van der Waals surface area (Å²) in [5.41, 5.74) is 0.912. The van der Waals surface area contributed by atoms with E-state index in [9.17, 15) is 0 Å². The zero-order valence-electron chi connectivity index (χ0n) is 9.07. The Kier molecular flexibility index (Phi) is 5.73. The van der Waals surface area contributed by atoms with Gasteiger partial charge in [0.2, 0.25) is 0 Å². The van der Waals surface area contributed by atoms with Crippen molar-refractivity contribution in [3.8, 4) is 0 Å². The molecule has 0 radical (unpaired) electrons. The van der Waals surface area contributed by atoms with Gasteiger partial charge in [-0.3, -0.25) is 0 Å². The lowest BCUT2D eigenvalue weighted by Crippen LogP contribution is -2.27. The van der Waals surface area contributed by atoms with Crippen LogP contribution in [0.25, 0.3) is 0 Å². The Hall–Kier alpha value is 0.380. The number of hydrogen-bond acceptors (Lipinski definition) is 0. The molecule has 0 saturated carbocycles. The highest BCUT2D eigenvalue weighted by Crippen LogP contribution is 2.33. The molecule has 0 bridgehead atoms. The fourth-order valence-electron chi connectivity index (χ4n) is 1.53. The zero-order valence-corrected chi connectivity index (χ0v) is 12.1. The second-order valence-electron chi connectivity index (χ2n) is 4.03. The maximum absolute atomic E-state index is 6.13. The number of halogens is 4. The molecule has 1 rings (SSSR count). The maximum Gasteiger partial charge on any atom is 0.0439 e. The Morgan fingerprint density at radius 3 is 2.25 bits per heavy atom. The van der Waals surface area contributed by atoms with E-state index in [0.717, 1.165) is 23.4 Å². The van der Waals surface area contributed by atoms with Crippen LogP contribution >= 0.6 is 46.4 Å². The monoisotopic (exact) mass is 298 g/mol. The molecule has 0 spiro atoms. The molecule has 0 nitrogen and oxygen atoms in total. The first-order valence-corrected chi connectivity index (χ1v) is 6.95. The van der Waals surface area contributed by atoms with Crippen molar-refractivity contribution < 1.29 is 0 Å². The molecule has 0 aromatic heterocycles. The summed E-state index contributed by atoms with van der Waals surface area (Å²) in [5.74, 6) is 1.05. The lowest BCUT2D eigenvalue weighted by Gasteiger charge is -2.28. The number of alkyl halides is 2. The van der Waals surface area contributed by atoms with Gasteiger partial charge in [0.15, 0.2) is 0 Å². The molecule has 0 heterocycles. The van der Waals surface area contributed by atoms with E-state index < -0.39 is 0 Å². The van der Waals surface area contributed by atoms with Crippen LogP contribution in [0.4, 0.5) is 0 Å². The molecule has 4 heteroatoms. The van der Waals surface area contributed by atoms with Crippen LogP contribution in [0.5, 0.6) is 0 Å². The van der Waals surface area contributed by atoms with Gasteiger partial charge < -0.3 is 0 Å². The SMILES string of the molecule is CCC(CCl)(CCl)Cc1cc(Cl)ccc1Cl. The van der Waals surface area contributed by atoms with Crippen LogP contribution in [-0.4, -0.2) is 11.8 Å². The maximum atomic E-state index is 6.13. The normalized spacial score (nSPS) is 11.8. The standard InChI is InChI=1S/C12H14Cl4/c1-2-12(7-13,8-14)6-9-5-10(15)3-4-11(9)16/h3-5H,2,6-8H2,1H3. The smallest absolute Gasteiger partial charge is 0.0439 e. The molecular weight excluding hydrogens is 286 g/mol. The predicted molar refractivity (Wildman–Crippen MR) is 74.3 cm³/mol. The molecule has 16 heavy (non-hydrogen) atoms. The molecule has 0 saturated heterocycles. The average molecular weight is 300 g/mol. The fourth-order valence-corrected chi connectivity index (χ4v) is 2.76. The summed E-state index contributed by atoms with van der Waals surface area (Å²) < 4.78 is 0. The van der Waals surface area contributed by atoms with E-state index in [0.29, 0.717) is 16.8 Å². The van der Waals surface area contributed by atoms with Gasteiger partial charge in [0.1, 0.15) is 0 Å². The molecular formula is C12H14Cl4. The third kappa shape index (κ3) is 3.43. The summed E-state index contributed by atoms with van der Waals surface area (Å²) >= 11 is 24.1. The molecule has 0 fully saturated rings. The topological polar surface area (TPSA) is 0 Å². The van der Waals surface area contributed by atoms with E-state index in [4.69, 9.17) is 46.4 Å². The Morgan fingerprint density at radius 1 is 1.12 bits per heavy atom. The van der Waals surface area contributed by atoms with Crippen LogP contribution in [-0.2, 0) is 6.42 Å². The first-order valence-electron chi connectivity index (χ1n) is 5.13. The summed E-state index contributed by atoms with van der Waals surface area (Å²) in [7, 11) is 0. The molecule has 90 valence electrons. The number of benzene rings is 1. The van der Waals surface area contributed by atoms with Crippen LogP contribution in [0.3, 0.4) is 0 Å². The Bertz CT molecular complexity index is 337. The number of hydrogen-bond donors (Lipinski definition) is 0. The van der Waals surface area contributed by atoms with E-state index in [1.165, 1.54) is 0 Å². The van der Waals surface area contributed by atoms with E-state index in [1.54, 1.807) is 6.07 Å². The van der Waals surface area contributed by atoms with Gasteiger partial charge in [0, 0.05) is 27.2 Å². The molecule has 0 N–H and O–H groups in total. The molecule has 0 aliphatic carbocycles. The van der Waals surface area contributed by atoms with Gasteiger partial charge in [-0.05, 0) is 36.6 Å². The molecule has 1 aromatic carbocycles. The highest BCUT2D eigenvalue weighted by molar-refractivity contribution is 6.33. The van der Waals surface area contributed by atoms with Crippen molar-refractivity contribution in [3.63, 3.8) is 0 Å². The van der Waals surface area contributed by atoms with Gasteiger partial charge >= 0.3 is 0 Å². The molecule has 0 unspecified atom stereocenters. The lowest BCUT2D eigenvalue weighted by molar-refractivity contribution is 0.362. The third-order valence-electron chi connectivity index (χ3n) is 2.89. The van der Waals surface area contributed by atoms with Gasteiger partial charge in [0.05, 0.1) is 0 Å². The Morgan fingerprint density at radius 2 is 1.75 bits per heavy atom. The fraction of sp³-hybridized carbons (Fsp3) is 0.500. The minimum absolute atomic E-state index is 0.0998. The summed E-state index contributed by atoms with van der Waals surface area (Å²) in [6.45, 7) is 2.09. The van der Waals surface area contributed by atoms with E-state index >= 15 is 0 Å². The summed E-state index contributed by atoms with van der Waals surface area (Å²) in [5, 5.41) is 1.41. The van der Waals surface area contributed by atoms with Gasteiger partial charge in [-0.2, -0.15) is 0 Å². The van der Waals surface area contributed by atoms with Gasteiger partial charge in [-0.25, -0.2) is 0 Å². The Labute approximate surface area is 117 Å². The summed E-state index contributed by atoms with van der Waals surface area (Å²) in [4.78, 5) is 0. The van der Waals surface area contributed by atoms with Crippen molar-refractivity contribution in [2.75, 3.05) is 11.8 Å². The second-order valence-corrected chi connectivity index (χ2v) is 5.41. The third-order valence-corrected chi connectivity index (χ3v) is 4.63. The van der Waals surface area contributed by atoms with Crippen LogP contribution < -0.4 is 0 Å². The van der Waals surface area contributed by atoms with Gasteiger partial charge in [0.25, 0.3) is 0 Å². The highest BCUT2D eigenvalue weighted by atomic mass is 35.5. The molecule has 0 atom stereocenters. The second kappa shape index (κ2) is 6.35. The van der Waals surface area contributed by atoms with Crippen LogP contribution in [0, 0.1) is 5.41 Å². The molecule has 0 aliphatic rings. The largest absolute Gasteiger partial charge is 0.126 e. The van der Waals surface area contributed by atoms with Gasteiger partial charge in [-0.1, -0.05) is 30.1 Å². The Balaban J connectivity index is 2.97. The van der Waals surface area contributed by atoms with Crippen LogP contribution in [0.15, 0.2) is 18.2 Å². The van der Waals surface area contributed by atoms with Crippen molar-refractivity contribution in [2.24, 2.45) is 5.41 Å². The first kappa shape index (κ1) is 14.4. The average Bonchev–Trinajstić information content (AvgIpc) is 2.31. The van der Waals surface area contributed by atoms with Crippen molar-refractivity contribution in [2.45, 2.75) is 19.8 Å². The summed E-state index contributed by atoms with van der Waals surface area (Å²) in [6, 6.07) is 5.47. The van der Waals surface area contributed by atoms with E-state index in [-0.39, 0.29) is 5.41 Å². The van der Waals surface area contributed by atoms with Crippen LogP contribution in [0.2, 0.25) is 10.0 Å².